The van der Waals surface area contributed by atoms with Gasteiger partial charge in [0.15, 0.2) is 5.58 Å². The third-order valence-electron chi connectivity index (χ3n) is 6.26. The molecular weight excluding hydrogens is 484 g/mol. The van der Waals surface area contributed by atoms with Crippen molar-refractivity contribution in [3.8, 4) is 17.5 Å². The molecule has 9 nitrogen and oxygen atoms in total. The van der Waals surface area contributed by atoms with Crippen LogP contribution in [0.25, 0.3) is 22.6 Å². The van der Waals surface area contributed by atoms with Gasteiger partial charge in [0.1, 0.15) is 17.0 Å². The Morgan fingerprint density at radius 2 is 1.63 bits per heavy atom. The van der Waals surface area contributed by atoms with Crippen LogP contribution in [0.15, 0.2) is 106 Å². The molecule has 4 aromatic rings. The Labute approximate surface area is 218 Å². The maximum Gasteiger partial charge on any atom is 0.355 e. The van der Waals surface area contributed by atoms with E-state index in [0.29, 0.717) is 28.2 Å². The number of hydrogen-bond acceptors (Lipinski definition) is 9. The molecule has 1 aromatic heterocycles. The zero-order chi connectivity index (χ0) is 26.8. The van der Waals surface area contributed by atoms with Crippen molar-refractivity contribution < 1.29 is 23.5 Å². The smallest absolute Gasteiger partial charge is 0.355 e. The first kappa shape index (κ1) is 24.3. The summed E-state index contributed by atoms with van der Waals surface area (Å²) >= 11 is 0. The van der Waals surface area contributed by atoms with Gasteiger partial charge in [0, 0.05) is 11.6 Å². The summed E-state index contributed by atoms with van der Waals surface area (Å²) in [5, 5.41) is 10.2. The fourth-order valence-electron chi connectivity index (χ4n) is 4.54. The van der Waals surface area contributed by atoms with Crippen molar-refractivity contribution in [3.05, 3.63) is 107 Å². The number of oxazole rings is 1. The van der Waals surface area contributed by atoms with E-state index in [2.05, 4.69) is 11.1 Å². The molecule has 0 spiro atoms. The molecule has 0 amide bonds. The minimum atomic E-state index is -0.947. The normalized spacial score (nSPS) is 15.4. The highest BCUT2D eigenvalue weighted by Gasteiger charge is 2.43. The van der Waals surface area contributed by atoms with Gasteiger partial charge in [0.05, 0.1) is 43.0 Å². The van der Waals surface area contributed by atoms with E-state index in [4.69, 9.17) is 19.6 Å². The van der Waals surface area contributed by atoms with E-state index >= 15 is 0 Å². The van der Waals surface area contributed by atoms with Crippen molar-refractivity contribution in [3.63, 3.8) is 0 Å². The van der Waals surface area contributed by atoms with Crippen molar-refractivity contribution in [2.24, 2.45) is 5.73 Å². The molecule has 1 aliphatic rings. The maximum atomic E-state index is 13.2. The second kappa shape index (κ2) is 9.95. The topological polar surface area (TPSA) is 132 Å². The third-order valence-corrected chi connectivity index (χ3v) is 6.26. The summed E-state index contributed by atoms with van der Waals surface area (Å²) < 4.78 is 16.1. The second-order valence-electron chi connectivity index (χ2n) is 8.37. The molecule has 1 aliphatic heterocycles. The number of methoxy groups -OCH3 is 2. The van der Waals surface area contributed by atoms with E-state index in [1.807, 2.05) is 30.3 Å². The number of aromatic nitrogens is 1. The monoisotopic (exact) mass is 506 g/mol. The second-order valence-corrected chi connectivity index (χ2v) is 8.37. The lowest BCUT2D eigenvalue weighted by molar-refractivity contribution is -0.139. The Balaban J connectivity index is 1.75. The number of ether oxygens (including phenoxy) is 2. The lowest BCUT2D eigenvalue weighted by Gasteiger charge is -2.35. The number of fused-ring (bicyclic) bond motifs is 1. The summed E-state index contributed by atoms with van der Waals surface area (Å²) in [6.45, 7) is 0. The zero-order valence-electron chi connectivity index (χ0n) is 20.5. The summed E-state index contributed by atoms with van der Waals surface area (Å²) in [6, 6.07) is 25.4. The first-order valence-corrected chi connectivity index (χ1v) is 11.6. The highest BCUT2D eigenvalue weighted by atomic mass is 16.5. The molecule has 2 heterocycles. The SMILES string of the molecule is COC(=O)C1=C(C(=O)OC)N(c2ccc3nc(-c4ccccc4)oc3c2)C(N)=C(C#N)C1c1ccccc1. The molecule has 1 atom stereocenters. The number of carbonyl (C=O) groups excluding carboxylic acids is 2. The number of carbonyl (C=O) groups is 2. The van der Waals surface area contributed by atoms with Gasteiger partial charge in [-0.2, -0.15) is 5.26 Å². The van der Waals surface area contributed by atoms with Crippen LogP contribution >= 0.6 is 0 Å². The zero-order valence-corrected chi connectivity index (χ0v) is 20.5. The molecule has 5 rings (SSSR count). The van der Waals surface area contributed by atoms with E-state index in [0.717, 1.165) is 5.56 Å². The molecule has 0 fully saturated rings. The highest BCUT2D eigenvalue weighted by molar-refractivity contribution is 6.06. The average molecular weight is 507 g/mol. The van der Waals surface area contributed by atoms with E-state index in [-0.39, 0.29) is 22.7 Å². The fourth-order valence-corrected chi connectivity index (χ4v) is 4.54. The van der Waals surface area contributed by atoms with Gasteiger partial charge < -0.3 is 19.6 Å². The van der Waals surface area contributed by atoms with Crippen LogP contribution in [0.4, 0.5) is 5.69 Å². The van der Waals surface area contributed by atoms with Crippen LogP contribution < -0.4 is 10.6 Å². The van der Waals surface area contributed by atoms with Crippen molar-refractivity contribution in [2.45, 2.75) is 5.92 Å². The average Bonchev–Trinajstić information content (AvgIpc) is 3.40. The van der Waals surface area contributed by atoms with Crippen molar-refractivity contribution in [2.75, 3.05) is 19.1 Å². The van der Waals surface area contributed by atoms with Gasteiger partial charge >= 0.3 is 11.9 Å². The van der Waals surface area contributed by atoms with Crippen LogP contribution in [0, 0.1) is 11.3 Å². The molecule has 0 radical (unpaired) electrons. The quantitative estimate of drug-likeness (QED) is 0.391. The molecule has 38 heavy (non-hydrogen) atoms. The fraction of sp³-hybridized carbons (Fsp3) is 0.103. The molecule has 9 heteroatoms. The molecule has 0 aliphatic carbocycles. The predicted octanol–water partition coefficient (Wildman–Crippen LogP) is 4.39. The summed E-state index contributed by atoms with van der Waals surface area (Å²) in [6.07, 6.45) is 0. The molecule has 0 saturated heterocycles. The standard InChI is InChI=1S/C29H22N4O5/c1-36-28(34)24-23(17-9-5-3-6-10-17)20(16-30)26(31)33(25(24)29(35)37-2)19-13-14-21-22(15-19)38-27(32-21)18-11-7-4-8-12-18/h3-15,23H,31H2,1-2H3. The largest absolute Gasteiger partial charge is 0.466 e. The molecule has 3 aromatic carbocycles. The first-order chi connectivity index (χ1) is 18.5. The van der Waals surface area contributed by atoms with Crippen molar-refractivity contribution in [1.82, 2.24) is 4.98 Å². The Hall–Kier alpha value is -5.36. The van der Waals surface area contributed by atoms with E-state index in [1.165, 1.54) is 19.1 Å². The van der Waals surface area contributed by atoms with E-state index in [1.54, 1.807) is 48.5 Å². The van der Waals surface area contributed by atoms with E-state index in [9.17, 15) is 14.9 Å². The lowest BCUT2D eigenvalue weighted by atomic mass is 9.81. The van der Waals surface area contributed by atoms with Crippen LogP contribution in [0.1, 0.15) is 11.5 Å². The number of hydrogen-bond donors (Lipinski definition) is 1. The molecule has 1 unspecified atom stereocenters. The number of nitriles is 1. The number of esters is 2. The van der Waals surface area contributed by atoms with Gasteiger partial charge in [-0.3, -0.25) is 4.90 Å². The number of benzene rings is 3. The summed E-state index contributed by atoms with van der Waals surface area (Å²) in [5.41, 5.74) is 9.15. The minimum absolute atomic E-state index is 0.0310. The lowest BCUT2D eigenvalue weighted by Crippen LogP contribution is -2.40. The summed E-state index contributed by atoms with van der Waals surface area (Å²) in [5.74, 6) is -2.18. The predicted molar refractivity (Wildman–Crippen MR) is 139 cm³/mol. The number of anilines is 1. The molecule has 0 saturated carbocycles. The van der Waals surface area contributed by atoms with Gasteiger partial charge in [-0.15, -0.1) is 0 Å². The summed E-state index contributed by atoms with van der Waals surface area (Å²) in [4.78, 5) is 32.3. The van der Waals surface area contributed by atoms with Gasteiger partial charge in [0.2, 0.25) is 5.89 Å². The van der Waals surface area contributed by atoms with Gasteiger partial charge in [-0.25, -0.2) is 14.6 Å². The highest BCUT2D eigenvalue weighted by Crippen LogP contribution is 2.43. The third kappa shape index (κ3) is 4.04. The van der Waals surface area contributed by atoms with Crippen LogP contribution in [0.2, 0.25) is 0 Å². The number of nitrogens with zero attached hydrogens (tertiary/aromatic N) is 3. The molecule has 2 N–H and O–H groups in total. The van der Waals surface area contributed by atoms with Gasteiger partial charge in [-0.1, -0.05) is 48.5 Å². The Bertz CT molecular complexity index is 1650. The Kier molecular flexibility index (Phi) is 6.37. The Morgan fingerprint density at radius 1 is 0.974 bits per heavy atom. The van der Waals surface area contributed by atoms with Crippen molar-refractivity contribution in [1.29, 1.82) is 5.26 Å². The number of allylic oxidation sites excluding steroid dienone is 1. The van der Waals surface area contributed by atoms with Crippen LogP contribution in [-0.4, -0.2) is 31.1 Å². The van der Waals surface area contributed by atoms with Gasteiger partial charge in [0.25, 0.3) is 0 Å². The van der Waals surface area contributed by atoms with E-state index < -0.39 is 17.9 Å². The van der Waals surface area contributed by atoms with Crippen molar-refractivity contribution >= 4 is 28.7 Å². The maximum absolute atomic E-state index is 13.2. The summed E-state index contributed by atoms with van der Waals surface area (Å²) in [7, 11) is 2.40. The van der Waals surface area contributed by atoms with Crippen LogP contribution in [0.5, 0.6) is 0 Å². The Morgan fingerprint density at radius 3 is 2.26 bits per heavy atom. The van der Waals surface area contributed by atoms with Gasteiger partial charge in [-0.05, 0) is 29.8 Å². The van der Waals surface area contributed by atoms with Crippen LogP contribution in [0.3, 0.4) is 0 Å². The first-order valence-electron chi connectivity index (χ1n) is 11.6. The van der Waals surface area contributed by atoms with Crippen LogP contribution in [-0.2, 0) is 19.1 Å². The number of rotatable bonds is 5. The number of nitrogens with two attached hydrogens (primary N) is 1. The molecule has 0 bridgehead atoms. The molecular formula is C29H22N4O5. The minimum Gasteiger partial charge on any atom is -0.466 e. The molecule has 188 valence electrons.